The molecule has 0 bridgehead atoms. The summed E-state index contributed by atoms with van der Waals surface area (Å²) in [4.78, 5) is 2.38. The lowest BCUT2D eigenvalue weighted by molar-refractivity contribution is 0.0753. The molecule has 32 heavy (non-hydrogen) atoms. The summed E-state index contributed by atoms with van der Waals surface area (Å²) in [6.45, 7) is 9.65. The van der Waals surface area contributed by atoms with E-state index in [1.54, 1.807) is 13.0 Å². The molecular formula is C25H36N2O4S. The first-order chi connectivity index (χ1) is 15.2. The Hall–Kier alpha value is -1.93. The summed E-state index contributed by atoms with van der Waals surface area (Å²) in [6.07, 6.45) is 0.856. The molecule has 2 aromatic rings. The predicted octanol–water partition coefficient (Wildman–Crippen LogP) is 3.77. The van der Waals surface area contributed by atoms with Crippen LogP contribution in [0.15, 0.2) is 47.4 Å². The number of benzene rings is 2. The maximum absolute atomic E-state index is 13.6. The maximum atomic E-state index is 13.6. The van der Waals surface area contributed by atoms with Crippen molar-refractivity contribution in [2.45, 2.75) is 51.2 Å². The number of fused-ring (bicyclic) bond motifs is 1. The second-order valence-electron chi connectivity index (χ2n) is 8.98. The minimum absolute atomic E-state index is 0.0478. The predicted molar refractivity (Wildman–Crippen MR) is 128 cm³/mol. The van der Waals surface area contributed by atoms with Crippen LogP contribution in [0.2, 0.25) is 0 Å². The van der Waals surface area contributed by atoms with Crippen molar-refractivity contribution < 1.29 is 18.3 Å². The van der Waals surface area contributed by atoms with Gasteiger partial charge in [-0.05, 0) is 62.7 Å². The van der Waals surface area contributed by atoms with E-state index in [0.29, 0.717) is 18.8 Å². The van der Waals surface area contributed by atoms with Crippen LogP contribution in [0.25, 0.3) is 11.1 Å². The summed E-state index contributed by atoms with van der Waals surface area (Å²) in [5.41, 5.74) is 3.09. The van der Waals surface area contributed by atoms with Crippen LogP contribution in [0.4, 0.5) is 0 Å². The number of rotatable bonds is 7. The highest BCUT2D eigenvalue weighted by Crippen LogP contribution is 2.37. The van der Waals surface area contributed by atoms with Crippen molar-refractivity contribution in [3.63, 3.8) is 0 Å². The van der Waals surface area contributed by atoms with Crippen LogP contribution in [0.3, 0.4) is 0 Å². The van der Waals surface area contributed by atoms with Gasteiger partial charge in [0.15, 0.2) is 0 Å². The average molecular weight is 461 g/mol. The van der Waals surface area contributed by atoms with Gasteiger partial charge in [-0.15, -0.1) is 0 Å². The second-order valence-corrected chi connectivity index (χ2v) is 10.8. The molecule has 0 aromatic heterocycles. The molecule has 0 saturated heterocycles. The van der Waals surface area contributed by atoms with Crippen molar-refractivity contribution in [2.24, 2.45) is 5.92 Å². The van der Waals surface area contributed by atoms with Gasteiger partial charge in [-0.2, -0.15) is 4.31 Å². The summed E-state index contributed by atoms with van der Waals surface area (Å²) in [7, 11) is -1.76. The molecule has 6 nitrogen and oxygen atoms in total. The molecule has 1 heterocycles. The van der Waals surface area contributed by atoms with Crippen molar-refractivity contribution >= 4 is 10.0 Å². The third kappa shape index (κ3) is 5.17. The molecule has 1 N–H and O–H groups in total. The third-order valence-corrected chi connectivity index (χ3v) is 8.24. The lowest BCUT2D eigenvalue weighted by atomic mass is 10.00. The molecule has 7 heteroatoms. The molecule has 1 aliphatic rings. The van der Waals surface area contributed by atoms with E-state index < -0.39 is 16.1 Å². The molecule has 0 saturated carbocycles. The van der Waals surface area contributed by atoms with Gasteiger partial charge in [0, 0.05) is 25.0 Å². The topological polar surface area (TPSA) is 70.1 Å². The van der Waals surface area contributed by atoms with E-state index in [1.165, 1.54) is 4.31 Å². The van der Waals surface area contributed by atoms with Crippen LogP contribution in [0.5, 0.6) is 5.75 Å². The first-order valence-corrected chi connectivity index (χ1v) is 12.8. The molecule has 0 aliphatic carbocycles. The Balaban J connectivity index is 2.13. The number of hydrogen-bond donors (Lipinski definition) is 1. The van der Waals surface area contributed by atoms with Gasteiger partial charge >= 0.3 is 0 Å². The summed E-state index contributed by atoms with van der Waals surface area (Å²) in [6, 6.07) is 12.9. The van der Waals surface area contributed by atoms with E-state index in [4.69, 9.17) is 4.74 Å². The summed E-state index contributed by atoms with van der Waals surface area (Å²) in [5.74, 6) is 0.329. The number of aliphatic hydroxyl groups is 1. The fraction of sp³-hybridized carbons (Fsp3) is 0.520. The Morgan fingerprint density at radius 1 is 1.25 bits per heavy atom. The van der Waals surface area contributed by atoms with Crippen LogP contribution in [0, 0.1) is 12.8 Å². The molecule has 0 unspecified atom stereocenters. The quantitative estimate of drug-likeness (QED) is 0.681. The van der Waals surface area contributed by atoms with Gasteiger partial charge in [0.25, 0.3) is 0 Å². The number of aliphatic hydroxyl groups excluding tert-OH is 1. The summed E-state index contributed by atoms with van der Waals surface area (Å²) in [5, 5.41) is 9.77. The van der Waals surface area contributed by atoms with E-state index in [2.05, 4.69) is 18.9 Å². The zero-order chi connectivity index (χ0) is 23.5. The van der Waals surface area contributed by atoms with Crippen LogP contribution < -0.4 is 4.74 Å². The highest BCUT2D eigenvalue weighted by Gasteiger charge is 2.38. The molecule has 1 aliphatic heterocycles. The molecule has 176 valence electrons. The van der Waals surface area contributed by atoms with E-state index in [9.17, 15) is 13.5 Å². The van der Waals surface area contributed by atoms with Crippen LogP contribution >= 0.6 is 0 Å². The fourth-order valence-electron chi connectivity index (χ4n) is 4.29. The number of sulfonamides is 1. The zero-order valence-corrected chi connectivity index (χ0v) is 20.6. The second kappa shape index (κ2) is 10.3. The first-order valence-electron chi connectivity index (χ1n) is 11.4. The number of hydrogen-bond acceptors (Lipinski definition) is 5. The third-order valence-electron chi connectivity index (χ3n) is 6.22. The molecule has 3 rings (SSSR count). The summed E-state index contributed by atoms with van der Waals surface area (Å²) >= 11 is 0. The van der Waals surface area contributed by atoms with Gasteiger partial charge < -0.3 is 14.7 Å². The van der Waals surface area contributed by atoms with Crippen LogP contribution in [-0.2, 0) is 10.0 Å². The molecule has 0 amide bonds. The van der Waals surface area contributed by atoms with Crippen molar-refractivity contribution in [1.82, 2.24) is 9.21 Å². The minimum Gasteiger partial charge on any atom is -0.487 e. The maximum Gasteiger partial charge on any atom is 0.247 e. The van der Waals surface area contributed by atoms with Gasteiger partial charge in [-0.25, -0.2) is 8.42 Å². The number of ether oxygens (including phenoxy) is 1. The van der Waals surface area contributed by atoms with E-state index in [0.717, 1.165) is 29.7 Å². The van der Waals surface area contributed by atoms with Gasteiger partial charge in [-0.3, -0.25) is 0 Å². The molecule has 0 radical (unpaired) electrons. The largest absolute Gasteiger partial charge is 0.487 e. The van der Waals surface area contributed by atoms with Gasteiger partial charge in [-0.1, -0.05) is 44.2 Å². The van der Waals surface area contributed by atoms with Gasteiger partial charge in [0.1, 0.15) is 16.7 Å². The van der Waals surface area contributed by atoms with Gasteiger partial charge in [0.2, 0.25) is 10.0 Å². The van der Waals surface area contributed by atoms with Crippen molar-refractivity contribution in [2.75, 3.05) is 33.3 Å². The van der Waals surface area contributed by atoms with Gasteiger partial charge in [0.05, 0.1) is 6.61 Å². The Morgan fingerprint density at radius 2 is 1.97 bits per heavy atom. The number of likely N-dealkylation sites (N-methyl/N-ethyl adjacent to an activating group) is 1. The molecular weight excluding hydrogens is 424 g/mol. The SMILES string of the molecule is CCCN(C)C[C@@H]1Oc2cc(-c3ccccc3C)ccc2S(=O)(=O)N([C@@H](C)CO)C[C@H]1C. The highest BCUT2D eigenvalue weighted by molar-refractivity contribution is 7.89. The molecule has 2 aromatic carbocycles. The van der Waals surface area contributed by atoms with Crippen LogP contribution in [-0.4, -0.2) is 68.2 Å². The van der Waals surface area contributed by atoms with E-state index in [-0.39, 0.29) is 23.5 Å². The Kier molecular flexibility index (Phi) is 7.98. The number of aryl methyl sites for hydroxylation is 1. The van der Waals surface area contributed by atoms with Crippen molar-refractivity contribution in [3.8, 4) is 16.9 Å². The van der Waals surface area contributed by atoms with Crippen LogP contribution in [0.1, 0.15) is 32.8 Å². The highest BCUT2D eigenvalue weighted by atomic mass is 32.2. The first kappa shape index (κ1) is 24.7. The lowest BCUT2D eigenvalue weighted by Crippen LogP contribution is -2.49. The van der Waals surface area contributed by atoms with Crippen molar-refractivity contribution in [3.05, 3.63) is 48.0 Å². The Labute approximate surface area is 192 Å². The Bertz CT molecular complexity index is 1020. The zero-order valence-electron chi connectivity index (χ0n) is 19.8. The fourth-order valence-corrected chi connectivity index (χ4v) is 6.11. The monoisotopic (exact) mass is 460 g/mol. The van der Waals surface area contributed by atoms with Crippen molar-refractivity contribution in [1.29, 1.82) is 0 Å². The lowest BCUT2D eigenvalue weighted by Gasteiger charge is -2.37. The average Bonchev–Trinajstić information content (AvgIpc) is 2.76. The number of nitrogens with zero attached hydrogens (tertiary/aromatic N) is 2. The molecule has 3 atom stereocenters. The van der Waals surface area contributed by atoms with E-state index >= 15 is 0 Å². The smallest absolute Gasteiger partial charge is 0.247 e. The minimum atomic E-state index is -3.82. The van der Waals surface area contributed by atoms with E-state index in [1.807, 2.05) is 50.2 Å². The normalized spacial score (nSPS) is 22.0. The molecule has 0 spiro atoms. The molecule has 0 fully saturated rings. The Morgan fingerprint density at radius 3 is 2.62 bits per heavy atom. The standard InChI is InChI=1S/C25H36N2O4S/c1-6-13-26(5)16-24-19(3)15-27(20(4)17-28)32(29,30)25-12-11-21(14-23(25)31-24)22-10-8-7-9-18(22)2/h7-12,14,19-20,24,28H,6,13,15-17H2,1-5H3/t19-,20+,24+/m1/s1. The summed E-state index contributed by atoms with van der Waals surface area (Å²) < 4.78 is 35.1.